The summed E-state index contributed by atoms with van der Waals surface area (Å²) in [4.78, 5) is 6.74. The van der Waals surface area contributed by atoms with Crippen LogP contribution in [0, 0.1) is 5.82 Å². The lowest BCUT2D eigenvalue weighted by atomic mass is 10.0. The second-order valence-corrected chi connectivity index (χ2v) is 7.86. The number of ether oxygens (including phenoxy) is 2. The summed E-state index contributed by atoms with van der Waals surface area (Å²) in [6, 6.07) is 14.4. The molecule has 0 atom stereocenters. The van der Waals surface area contributed by atoms with E-state index in [1.165, 1.54) is 0 Å². The second kappa shape index (κ2) is 10.5. The molecule has 7 heteroatoms. The molecular formula is C25H30FN3O3. The Kier molecular flexibility index (Phi) is 7.27. The zero-order valence-corrected chi connectivity index (χ0v) is 18.6. The first-order valence-corrected chi connectivity index (χ1v) is 11.2. The molecule has 6 nitrogen and oxygen atoms in total. The Balaban J connectivity index is 1.33. The molecular weight excluding hydrogens is 409 g/mol. The molecule has 0 amide bonds. The number of hydrogen-bond donors (Lipinski definition) is 1. The molecule has 3 aromatic rings. The lowest BCUT2D eigenvalue weighted by Crippen LogP contribution is -2.38. The SMILES string of the molecule is CCOc1cc(CN2CCC(Nc3ncc(-c4ccccc4)o3)CC2)cc(OCC)c1F. The molecule has 0 radical (unpaired) electrons. The van der Waals surface area contributed by atoms with Gasteiger partial charge in [0.1, 0.15) is 0 Å². The van der Waals surface area contributed by atoms with Crippen molar-refractivity contribution in [3.05, 3.63) is 60.0 Å². The van der Waals surface area contributed by atoms with Gasteiger partial charge in [0.2, 0.25) is 5.82 Å². The highest BCUT2D eigenvalue weighted by Gasteiger charge is 2.22. The minimum atomic E-state index is -0.429. The molecule has 0 saturated carbocycles. The third-order valence-electron chi connectivity index (χ3n) is 5.55. The minimum absolute atomic E-state index is 0.253. The second-order valence-electron chi connectivity index (χ2n) is 7.86. The van der Waals surface area contributed by atoms with Crippen LogP contribution in [0.15, 0.2) is 53.1 Å². The van der Waals surface area contributed by atoms with Gasteiger partial charge in [0.25, 0.3) is 6.01 Å². The molecule has 1 aliphatic rings. The zero-order chi connectivity index (χ0) is 22.3. The van der Waals surface area contributed by atoms with E-state index in [0.717, 1.165) is 49.4 Å². The summed E-state index contributed by atoms with van der Waals surface area (Å²) in [7, 11) is 0. The fraction of sp³-hybridized carbons (Fsp3) is 0.400. The lowest BCUT2D eigenvalue weighted by molar-refractivity contribution is 0.209. The van der Waals surface area contributed by atoms with Gasteiger partial charge in [0.05, 0.1) is 19.4 Å². The average Bonchev–Trinajstić information content (AvgIpc) is 3.28. The third kappa shape index (κ3) is 5.40. The third-order valence-corrected chi connectivity index (χ3v) is 5.55. The van der Waals surface area contributed by atoms with E-state index in [4.69, 9.17) is 13.9 Å². The van der Waals surface area contributed by atoms with Crippen molar-refractivity contribution < 1.29 is 18.3 Å². The fourth-order valence-electron chi connectivity index (χ4n) is 3.98. The summed E-state index contributed by atoms with van der Waals surface area (Å²) < 4.78 is 31.3. The normalized spacial score (nSPS) is 15.0. The van der Waals surface area contributed by atoms with Crippen molar-refractivity contribution in [3.63, 3.8) is 0 Å². The molecule has 4 rings (SSSR count). The van der Waals surface area contributed by atoms with Crippen LogP contribution >= 0.6 is 0 Å². The van der Waals surface area contributed by atoms with Crippen LogP contribution in [0.4, 0.5) is 10.4 Å². The van der Waals surface area contributed by atoms with Crippen LogP contribution in [-0.4, -0.2) is 42.2 Å². The highest BCUT2D eigenvalue weighted by Crippen LogP contribution is 2.30. The van der Waals surface area contributed by atoms with Crippen LogP contribution in [0.3, 0.4) is 0 Å². The standard InChI is InChI=1S/C25H30FN3O3/c1-3-30-21-14-18(15-22(24(21)26)31-4-2)17-29-12-10-20(11-13-29)28-25-27-16-23(32-25)19-8-6-5-7-9-19/h5-9,14-16,20H,3-4,10-13,17H2,1-2H3,(H,27,28). The molecule has 1 N–H and O–H groups in total. The monoisotopic (exact) mass is 439 g/mol. The molecule has 1 saturated heterocycles. The predicted molar refractivity (Wildman–Crippen MR) is 123 cm³/mol. The van der Waals surface area contributed by atoms with Crippen molar-refractivity contribution in [2.45, 2.75) is 39.3 Å². The highest BCUT2D eigenvalue weighted by atomic mass is 19.1. The Labute approximate surface area is 188 Å². The van der Waals surface area contributed by atoms with Crippen molar-refractivity contribution in [2.24, 2.45) is 0 Å². The van der Waals surface area contributed by atoms with E-state index in [1.807, 2.05) is 44.2 Å². The van der Waals surface area contributed by atoms with Crippen molar-refractivity contribution >= 4 is 6.01 Å². The molecule has 0 bridgehead atoms. The van der Waals surface area contributed by atoms with Gasteiger partial charge in [-0.2, -0.15) is 4.39 Å². The van der Waals surface area contributed by atoms with E-state index in [9.17, 15) is 4.39 Å². The Morgan fingerprint density at radius 1 is 1.06 bits per heavy atom. The van der Waals surface area contributed by atoms with Crippen LogP contribution in [0.5, 0.6) is 11.5 Å². The number of aromatic nitrogens is 1. The van der Waals surface area contributed by atoms with E-state index in [-0.39, 0.29) is 11.5 Å². The Bertz CT molecular complexity index is 974. The number of likely N-dealkylation sites (tertiary alicyclic amines) is 1. The highest BCUT2D eigenvalue weighted by molar-refractivity contribution is 5.57. The smallest absolute Gasteiger partial charge is 0.295 e. The minimum Gasteiger partial charge on any atom is -0.491 e. The summed E-state index contributed by atoms with van der Waals surface area (Å²) in [5.41, 5.74) is 2.00. The number of benzene rings is 2. The van der Waals surface area contributed by atoms with E-state index < -0.39 is 5.82 Å². The Hall–Kier alpha value is -3.06. The predicted octanol–water partition coefficient (Wildman–Crippen LogP) is 5.35. The van der Waals surface area contributed by atoms with Gasteiger partial charge in [0.15, 0.2) is 17.3 Å². The molecule has 170 valence electrons. The van der Waals surface area contributed by atoms with E-state index >= 15 is 0 Å². The topological polar surface area (TPSA) is 59.8 Å². The number of halogens is 1. The van der Waals surface area contributed by atoms with Gasteiger partial charge in [0, 0.05) is 31.2 Å². The van der Waals surface area contributed by atoms with Gasteiger partial charge in [-0.15, -0.1) is 0 Å². The quantitative estimate of drug-likeness (QED) is 0.485. The van der Waals surface area contributed by atoms with Gasteiger partial charge in [-0.05, 0) is 44.4 Å². The summed E-state index contributed by atoms with van der Waals surface area (Å²) in [5.74, 6) is 0.837. The summed E-state index contributed by atoms with van der Waals surface area (Å²) >= 11 is 0. The van der Waals surface area contributed by atoms with E-state index in [1.54, 1.807) is 18.3 Å². The maximum absolute atomic E-state index is 14.5. The number of nitrogens with zero attached hydrogens (tertiary/aromatic N) is 2. The van der Waals surface area contributed by atoms with Gasteiger partial charge in [-0.3, -0.25) is 4.90 Å². The van der Waals surface area contributed by atoms with Crippen LogP contribution in [0.2, 0.25) is 0 Å². The Morgan fingerprint density at radius 2 is 1.72 bits per heavy atom. The van der Waals surface area contributed by atoms with Crippen molar-refractivity contribution in [2.75, 3.05) is 31.6 Å². The van der Waals surface area contributed by atoms with Gasteiger partial charge >= 0.3 is 0 Å². The fourth-order valence-corrected chi connectivity index (χ4v) is 3.98. The van der Waals surface area contributed by atoms with Crippen LogP contribution in [0.1, 0.15) is 32.3 Å². The first-order chi connectivity index (χ1) is 15.7. The first kappa shape index (κ1) is 22.1. The maximum Gasteiger partial charge on any atom is 0.295 e. The van der Waals surface area contributed by atoms with Crippen molar-refractivity contribution in [1.29, 1.82) is 0 Å². The van der Waals surface area contributed by atoms with Gasteiger partial charge < -0.3 is 19.2 Å². The molecule has 1 fully saturated rings. The average molecular weight is 440 g/mol. The summed E-state index contributed by atoms with van der Waals surface area (Å²) in [6.45, 7) is 7.10. The number of hydrogen-bond acceptors (Lipinski definition) is 6. The van der Waals surface area contributed by atoms with E-state index in [2.05, 4.69) is 15.2 Å². The lowest BCUT2D eigenvalue weighted by Gasteiger charge is -2.32. The van der Waals surface area contributed by atoms with Crippen LogP contribution < -0.4 is 14.8 Å². The number of piperidine rings is 1. The molecule has 0 spiro atoms. The number of anilines is 1. The molecule has 1 aliphatic heterocycles. The van der Waals surface area contributed by atoms with Crippen LogP contribution in [0.25, 0.3) is 11.3 Å². The van der Waals surface area contributed by atoms with E-state index in [0.29, 0.717) is 25.3 Å². The largest absolute Gasteiger partial charge is 0.491 e. The van der Waals surface area contributed by atoms with Crippen LogP contribution in [-0.2, 0) is 6.54 Å². The molecule has 2 heterocycles. The summed E-state index contributed by atoms with van der Waals surface area (Å²) in [6.07, 6.45) is 3.70. The molecule has 2 aromatic carbocycles. The molecule has 1 aromatic heterocycles. The van der Waals surface area contributed by atoms with Crippen molar-refractivity contribution in [3.8, 4) is 22.8 Å². The molecule has 0 aliphatic carbocycles. The summed E-state index contributed by atoms with van der Waals surface area (Å²) in [5, 5.41) is 3.42. The Morgan fingerprint density at radius 3 is 2.34 bits per heavy atom. The molecule has 32 heavy (non-hydrogen) atoms. The number of oxazole rings is 1. The van der Waals surface area contributed by atoms with Gasteiger partial charge in [-0.25, -0.2) is 4.98 Å². The zero-order valence-electron chi connectivity index (χ0n) is 18.6. The number of rotatable bonds is 9. The maximum atomic E-state index is 14.5. The first-order valence-electron chi connectivity index (χ1n) is 11.2. The van der Waals surface area contributed by atoms with Crippen molar-refractivity contribution in [1.82, 2.24) is 9.88 Å². The van der Waals surface area contributed by atoms with Gasteiger partial charge in [-0.1, -0.05) is 30.3 Å². The molecule has 0 unspecified atom stereocenters. The number of nitrogens with one attached hydrogen (secondary N) is 1.